The molecule has 20 nitrogen and oxygen atoms in total. The van der Waals surface area contributed by atoms with Crippen molar-refractivity contribution in [2.45, 2.75) is 75.1 Å². The molecule has 6 amide bonds. The summed E-state index contributed by atoms with van der Waals surface area (Å²) in [5, 5.41) is 23.2. The quantitative estimate of drug-likeness (QED) is 0.0221. The predicted octanol–water partition coefficient (Wildman–Crippen LogP) is 4.84. The van der Waals surface area contributed by atoms with Crippen LogP contribution in [-0.4, -0.2) is 142 Å². The number of anilines is 5. The SMILES string of the molecule is C=CC(=O)Nc1cccc(Nc2nc(Nc3ccc(OCCOCCNC(=O)CCCC(=O)NCCCOCCOCCOCCCNC(=O)CCCCC4SC[C@@H]5NC(=O)N[C@H]45)c(F)c3)ncc2F)c1. The highest BCUT2D eigenvalue weighted by Crippen LogP contribution is 2.33. The molecule has 2 saturated heterocycles. The minimum absolute atomic E-state index is 0.00120. The Bertz CT molecular complexity index is 2180. The van der Waals surface area contributed by atoms with Crippen LogP contribution in [0.5, 0.6) is 5.75 Å². The largest absolute Gasteiger partial charge is 0.488 e. The summed E-state index contributed by atoms with van der Waals surface area (Å²) >= 11 is 1.89. The highest BCUT2D eigenvalue weighted by molar-refractivity contribution is 8.00. The molecule has 0 bridgehead atoms. The maximum absolute atomic E-state index is 14.8. The molecule has 2 fully saturated rings. The number of thioether (sulfide) groups is 1. The lowest BCUT2D eigenvalue weighted by Crippen LogP contribution is -2.36. The molecule has 71 heavy (non-hydrogen) atoms. The average molecular weight is 1010 g/mol. The van der Waals surface area contributed by atoms with Gasteiger partial charge in [-0.3, -0.25) is 19.2 Å². The van der Waals surface area contributed by atoms with Gasteiger partial charge >= 0.3 is 6.03 Å². The maximum atomic E-state index is 14.8. The van der Waals surface area contributed by atoms with Crippen LogP contribution in [-0.2, 0) is 38.1 Å². The fraction of sp³-hybridized carbons (Fsp3) is 0.521. The van der Waals surface area contributed by atoms with Crippen molar-refractivity contribution in [1.29, 1.82) is 0 Å². The van der Waals surface area contributed by atoms with Gasteiger partial charge in [0.2, 0.25) is 29.6 Å². The summed E-state index contributed by atoms with van der Waals surface area (Å²) < 4.78 is 56.9. The lowest BCUT2D eigenvalue weighted by atomic mass is 10.0. The Balaban J connectivity index is 0.763. The molecular formula is C48H66F2N10O10S. The molecule has 2 aliphatic rings. The van der Waals surface area contributed by atoms with E-state index in [-0.39, 0.29) is 92.6 Å². The van der Waals surface area contributed by atoms with Gasteiger partial charge in [0, 0.05) is 86.2 Å². The van der Waals surface area contributed by atoms with Gasteiger partial charge in [0.25, 0.3) is 0 Å². The van der Waals surface area contributed by atoms with E-state index in [1.807, 2.05) is 11.8 Å². The highest BCUT2D eigenvalue weighted by atomic mass is 32.2. The number of nitrogens with one attached hydrogen (secondary N) is 8. The summed E-state index contributed by atoms with van der Waals surface area (Å²) in [7, 11) is 0. The first kappa shape index (κ1) is 55.8. The van der Waals surface area contributed by atoms with Gasteiger partial charge in [-0.05, 0) is 68.5 Å². The van der Waals surface area contributed by atoms with Crippen LogP contribution in [0.4, 0.5) is 42.4 Å². The number of urea groups is 1. The molecule has 0 saturated carbocycles. The number of hydrogen-bond donors (Lipinski definition) is 8. The number of aromatic nitrogens is 2. The number of amides is 6. The van der Waals surface area contributed by atoms with Crippen LogP contribution >= 0.6 is 11.8 Å². The highest BCUT2D eigenvalue weighted by Gasteiger charge is 2.42. The first-order valence-corrected chi connectivity index (χ1v) is 24.9. The van der Waals surface area contributed by atoms with E-state index in [9.17, 15) is 32.8 Å². The zero-order valence-electron chi connectivity index (χ0n) is 39.8. The molecule has 388 valence electrons. The number of fused-ring (bicyclic) bond motifs is 1. The molecule has 1 unspecified atom stereocenters. The Labute approximate surface area is 416 Å². The molecule has 2 aromatic carbocycles. The van der Waals surface area contributed by atoms with Gasteiger partial charge in [-0.2, -0.15) is 16.7 Å². The van der Waals surface area contributed by atoms with Crippen LogP contribution < -0.4 is 47.3 Å². The molecule has 3 aromatic rings. The van der Waals surface area contributed by atoms with Crippen LogP contribution in [0.3, 0.4) is 0 Å². The van der Waals surface area contributed by atoms with E-state index in [0.29, 0.717) is 94.3 Å². The lowest BCUT2D eigenvalue weighted by Gasteiger charge is -2.16. The molecule has 3 atom stereocenters. The van der Waals surface area contributed by atoms with Gasteiger partial charge in [-0.1, -0.05) is 19.1 Å². The zero-order chi connectivity index (χ0) is 50.5. The number of carbonyl (C=O) groups is 5. The topological polar surface area (TPSA) is 254 Å². The number of benzene rings is 2. The zero-order valence-corrected chi connectivity index (χ0v) is 40.6. The molecule has 0 radical (unpaired) electrons. The van der Waals surface area contributed by atoms with Gasteiger partial charge in [0.15, 0.2) is 23.2 Å². The van der Waals surface area contributed by atoms with E-state index in [4.69, 9.17) is 23.7 Å². The second-order valence-electron chi connectivity index (χ2n) is 16.3. The van der Waals surface area contributed by atoms with Gasteiger partial charge in [0.1, 0.15) is 6.61 Å². The molecule has 2 aliphatic heterocycles. The van der Waals surface area contributed by atoms with Crippen LogP contribution in [0.15, 0.2) is 61.3 Å². The lowest BCUT2D eigenvalue weighted by molar-refractivity contribution is -0.123. The molecule has 0 spiro atoms. The summed E-state index contributed by atoms with van der Waals surface area (Å²) in [6, 6.07) is 11.1. The smallest absolute Gasteiger partial charge is 0.315 e. The van der Waals surface area contributed by atoms with Gasteiger partial charge in [-0.15, -0.1) is 0 Å². The second kappa shape index (κ2) is 32.0. The third-order valence-electron chi connectivity index (χ3n) is 10.8. The summed E-state index contributed by atoms with van der Waals surface area (Å²) in [6.07, 6.45) is 7.56. The van der Waals surface area contributed by atoms with E-state index in [1.165, 1.54) is 12.1 Å². The van der Waals surface area contributed by atoms with Crippen LogP contribution in [0.25, 0.3) is 0 Å². The molecule has 8 N–H and O–H groups in total. The normalized spacial score (nSPS) is 15.7. The molecule has 23 heteroatoms. The van der Waals surface area contributed by atoms with Crippen molar-refractivity contribution in [2.75, 3.05) is 101 Å². The number of ether oxygens (including phenoxy) is 5. The average Bonchev–Trinajstić information content (AvgIpc) is 3.91. The summed E-state index contributed by atoms with van der Waals surface area (Å²) in [5.41, 5.74) is 1.21. The van der Waals surface area contributed by atoms with Gasteiger partial charge < -0.3 is 66.2 Å². The number of nitrogens with zero attached hydrogens (tertiary/aromatic N) is 2. The molecular weight excluding hydrogens is 947 g/mol. The van der Waals surface area contributed by atoms with Crippen molar-refractivity contribution in [3.05, 3.63) is 73.0 Å². The second-order valence-corrected chi connectivity index (χ2v) is 17.6. The van der Waals surface area contributed by atoms with Crippen molar-refractivity contribution in [1.82, 2.24) is 36.6 Å². The van der Waals surface area contributed by atoms with Gasteiger partial charge in [0.05, 0.1) is 57.9 Å². The van der Waals surface area contributed by atoms with E-state index >= 15 is 0 Å². The Morgan fingerprint density at radius 3 is 2.04 bits per heavy atom. The van der Waals surface area contributed by atoms with Gasteiger partial charge in [-0.25, -0.2) is 18.6 Å². The number of unbranched alkanes of at least 4 members (excludes halogenated alkanes) is 1. The molecule has 3 heterocycles. The summed E-state index contributed by atoms with van der Waals surface area (Å²) in [6.45, 7) is 7.86. The third kappa shape index (κ3) is 21.8. The minimum atomic E-state index is -0.730. The number of rotatable bonds is 36. The van der Waals surface area contributed by atoms with Crippen LogP contribution in [0.1, 0.15) is 57.8 Å². The van der Waals surface area contributed by atoms with E-state index in [0.717, 1.165) is 43.7 Å². The fourth-order valence-electron chi connectivity index (χ4n) is 7.21. The maximum Gasteiger partial charge on any atom is 0.315 e. The Morgan fingerprint density at radius 2 is 1.34 bits per heavy atom. The first-order valence-electron chi connectivity index (χ1n) is 23.9. The van der Waals surface area contributed by atoms with Crippen molar-refractivity contribution in [3.63, 3.8) is 0 Å². The summed E-state index contributed by atoms with van der Waals surface area (Å²) in [4.78, 5) is 67.6. The van der Waals surface area contributed by atoms with Crippen molar-refractivity contribution >= 4 is 70.3 Å². The number of halogens is 2. The van der Waals surface area contributed by atoms with Crippen molar-refractivity contribution in [2.24, 2.45) is 0 Å². The van der Waals surface area contributed by atoms with E-state index < -0.39 is 17.5 Å². The minimum Gasteiger partial charge on any atom is -0.488 e. The van der Waals surface area contributed by atoms with Crippen LogP contribution in [0, 0.1) is 11.6 Å². The Kier molecular flexibility index (Phi) is 25.1. The van der Waals surface area contributed by atoms with E-state index in [2.05, 4.69) is 59.1 Å². The third-order valence-corrected chi connectivity index (χ3v) is 12.3. The monoisotopic (exact) mass is 1010 g/mol. The Morgan fingerprint density at radius 1 is 0.704 bits per heavy atom. The number of carbonyl (C=O) groups excluding carboxylic acids is 5. The summed E-state index contributed by atoms with van der Waals surface area (Å²) in [5.74, 6) is -1.29. The van der Waals surface area contributed by atoms with Crippen LogP contribution in [0.2, 0.25) is 0 Å². The predicted molar refractivity (Wildman–Crippen MR) is 265 cm³/mol. The molecule has 5 rings (SSSR count). The standard InChI is InChI=1S/C48H66F2N10O10S/c1-2-41(61)55-33-9-5-10-34(29-33)56-46-37(50)31-54-47(60-46)57-35-15-16-39(36(49)30-35)70-28-27-68-22-19-53-44(64)14-6-13-43(63)52-18-8-21-67-24-26-69-25-23-66-20-7-17-51-42(62)12-4-3-11-40-45-38(32-71-40)58-48(65)59-45/h2,5,9-10,15-16,29-31,38,40,45H,1,3-4,6-8,11-14,17-28,32H2,(H,51,62)(H,52,63)(H,53,64)(H,55,61)(H2,58,59,65)(H2,54,56,57,60)/t38-,40?,45-/m0/s1. The molecule has 1 aromatic heterocycles. The van der Waals surface area contributed by atoms with Crippen molar-refractivity contribution in [3.8, 4) is 5.75 Å². The number of hydrogen-bond acceptors (Lipinski definition) is 15. The first-order chi connectivity index (χ1) is 34.6. The Hall–Kier alpha value is -6.14. The van der Waals surface area contributed by atoms with Crippen molar-refractivity contribution < 1.29 is 56.4 Å². The van der Waals surface area contributed by atoms with E-state index in [1.54, 1.807) is 30.3 Å². The molecule has 0 aliphatic carbocycles. The fourth-order valence-corrected chi connectivity index (χ4v) is 8.76.